The maximum atomic E-state index is 11.5. The third-order valence-electron chi connectivity index (χ3n) is 2.13. The van der Waals surface area contributed by atoms with Crippen LogP contribution in [0.3, 0.4) is 0 Å². The summed E-state index contributed by atoms with van der Waals surface area (Å²) in [6, 6.07) is 4.37. The van der Waals surface area contributed by atoms with Gasteiger partial charge < -0.3 is 10.4 Å². The summed E-state index contributed by atoms with van der Waals surface area (Å²) in [6.45, 7) is 0.267. The van der Waals surface area contributed by atoms with Gasteiger partial charge in [0.15, 0.2) is 9.84 Å². The predicted molar refractivity (Wildman–Crippen MR) is 63.4 cm³/mol. The second-order valence-corrected chi connectivity index (χ2v) is 5.95. The van der Waals surface area contributed by atoms with Gasteiger partial charge in [0.2, 0.25) is 0 Å². The molecule has 1 unspecified atom stereocenters. The minimum atomic E-state index is -3.36. The van der Waals surface area contributed by atoms with E-state index in [1.165, 1.54) is 18.2 Å². The fourth-order valence-electron chi connectivity index (χ4n) is 1.42. The summed E-state index contributed by atoms with van der Waals surface area (Å²) in [6.07, 6.45) is 0.208. The molecule has 16 heavy (non-hydrogen) atoms. The topological polar surface area (TPSA) is 66.4 Å². The van der Waals surface area contributed by atoms with Gasteiger partial charge in [0, 0.05) is 23.4 Å². The number of likely N-dealkylation sites (N-methyl/N-ethyl adjacent to an activating group) is 1. The number of hydrogen-bond donors (Lipinski definition) is 2. The Balaban J connectivity index is 3.29. The average molecular weight is 264 g/mol. The first kappa shape index (κ1) is 13.4. The molecule has 0 heterocycles. The first-order valence-electron chi connectivity index (χ1n) is 4.68. The van der Waals surface area contributed by atoms with Crippen LogP contribution in [0.2, 0.25) is 5.02 Å². The molecule has 0 saturated carbocycles. The molecule has 0 aromatic heterocycles. The SMILES string of the molecule is CNCC(O)c1cc(Cl)ccc1S(C)(=O)=O. The highest BCUT2D eigenvalue weighted by molar-refractivity contribution is 7.90. The smallest absolute Gasteiger partial charge is 0.175 e. The Labute approximate surface area is 100 Å². The molecule has 6 heteroatoms. The molecular weight excluding hydrogens is 250 g/mol. The van der Waals surface area contributed by atoms with Crippen LogP contribution >= 0.6 is 11.6 Å². The number of rotatable bonds is 4. The van der Waals surface area contributed by atoms with Gasteiger partial charge in [0.25, 0.3) is 0 Å². The molecule has 0 aliphatic rings. The molecule has 0 bridgehead atoms. The molecule has 0 fully saturated rings. The minimum Gasteiger partial charge on any atom is -0.387 e. The van der Waals surface area contributed by atoms with Crippen LogP contribution in [0.25, 0.3) is 0 Å². The van der Waals surface area contributed by atoms with Crippen LogP contribution in [-0.4, -0.2) is 33.4 Å². The molecule has 1 aromatic rings. The van der Waals surface area contributed by atoms with Crippen molar-refractivity contribution in [3.63, 3.8) is 0 Å². The Morgan fingerprint density at radius 3 is 2.62 bits per heavy atom. The Bertz CT molecular complexity index is 473. The monoisotopic (exact) mass is 263 g/mol. The van der Waals surface area contributed by atoms with Gasteiger partial charge >= 0.3 is 0 Å². The fourth-order valence-corrected chi connectivity index (χ4v) is 2.54. The maximum Gasteiger partial charge on any atom is 0.175 e. The van der Waals surface area contributed by atoms with E-state index >= 15 is 0 Å². The lowest BCUT2D eigenvalue weighted by Gasteiger charge is -2.14. The van der Waals surface area contributed by atoms with E-state index in [-0.39, 0.29) is 11.4 Å². The summed E-state index contributed by atoms with van der Waals surface area (Å²) in [5, 5.41) is 13.0. The highest BCUT2D eigenvalue weighted by Crippen LogP contribution is 2.25. The van der Waals surface area contributed by atoms with Crippen LogP contribution in [0.4, 0.5) is 0 Å². The molecule has 1 rings (SSSR count). The molecule has 0 saturated heterocycles. The molecule has 90 valence electrons. The average Bonchev–Trinajstić information content (AvgIpc) is 2.16. The number of benzene rings is 1. The van der Waals surface area contributed by atoms with E-state index in [0.29, 0.717) is 10.6 Å². The number of sulfone groups is 1. The summed E-state index contributed by atoms with van der Waals surface area (Å²) >= 11 is 5.78. The summed E-state index contributed by atoms with van der Waals surface area (Å²) in [5.41, 5.74) is 0.323. The fraction of sp³-hybridized carbons (Fsp3) is 0.400. The third-order valence-corrected chi connectivity index (χ3v) is 3.53. The van der Waals surface area contributed by atoms with Crippen LogP contribution < -0.4 is 5.32 Å². The number of aliphatic hydroxyl groups is 1. The van der Waals surface area contributed by atoms with E-state index in [0.717, 1.165) is 6.26 Å². The van der Waals surface area contributed by atoms with Crippen molar-refractivity contribution >= 4 is 21.4 Å². The van der Waals surface area contributed by atoms with Crippen LogP contribution in [0.1, 0.15) is 11.7 Å². The lowest BCUT2D eigenvalue weighted by atomic mass is 10.1. The second-order valence-electron chi connectivity index (χ2n) is 3.53. The van der Waals surface area contributed by atoms with Crippen molar-refractivity contribution in [2.75, 3.05) is 19.8 Å². The van der Waals surface area contributed by atoms with E-state index in [1.807, 2.05) is 0 Å². The van der Waals surface area contributed by atoms with E-state index in [2.05, 4.69) is 5.32 Å². The Kier molecular flexibility index (Phi) is 4.32. The van der Waals surface area contributed by atoms with E-state index in [4.69, 9.17) is 11.6 Å². The molecule has 0 aliphatic heterocycles. The maximum absolute atomic E-state index is 11.5. The first-order valence-corrected chi connectivity index (χ1v) is 6.95. The lowest BCUT2D eigenvalue weighted by molar-refractivity contribution is 0.174. The summed E-state index contributed by atoms with van der Waals surface area (Å²) in [4.78, 5) is 0.111. The standard InChI is InChI=1S/C10H14ClNO3S/c1-12-6-9(13)8-5-7(11)3-4-10(8)16(2,14)15/h3-5,9,12-13H,6H2,1-2H3. The Morgan fingerprint density at radius 1 is 1.50 bits per heavy atom. The van der Waals surface area contributed by atoms with Crippen LogP contribution in [-0.2, 0) is 9.84 Å². The lowest BCUT2D eigenvalue weighted by Crippen LogP contribution is -2.18. The Morgan fingerprint density at radius 2 is 2.12 bits per heavy atom. The highest BCUT2D eigenvalue weighted by atomic mass is 35.5. The summed E-state index contributed by atoms with van der Waals surface area (Å²) in [7, 11) is -1.69. The third kappa shape index (κ3) is 3.18. The molecule has 0 aliphatic carbocycles. The van der Waals surface area contributed by atoms with Gasteiger partial charge in [-0.05, 0) is 25.2 Å². The predicted octanol–water partition coefficient (Wildman–Crippen LogP) is 0.996. The molecule has 4 nitrogen and oxygen atoms in total. The van der Waals surface area contributed by atoms with Crippen molar-refractivity contribution in [3.8, 4) is 0 Å². The van der Waals surface area contributed by atoms with Gasteiger partial charge in [-0.2, -0.15) is 0 Å². The van der Waals surface area contributed by atoms with Crippen molar-refractivity contribution in [3.05, 3.63) is 28.8 Å². The number of aliphatic hydroxyl groups excluding tert-OH is 1. The van der Waals surface area contributed by atoms with Crippen molar-refractivity contribution in [2.45, 2.75) is 11.0 Å². The molecule has 2 N–H and O–H groups in total. The number of nitrogens with one attached hydrogen (secondary N) is 1. The van der Waals surface area contributed by atoms with Crippen molar-refractivity contribution in [1.82, 2.24) is 5.32 Å². The first-order chi connectivity index (χ1) is 7.36. The minimum absolute atomic E-state index is 0.111. The molecule has 0 spiro atoms. The largest absolute Gasteiger partial charge is 0.387 e. The van der Waals surface area contributed by atoms with Crippen molar-refractivity contribution < 1.29 is 13.5 Å². The number of hydrogen-bond acceptors (Lipinski definition) is 4. The molecule has 1 aromatic carbocycles. The Hall–Kier alpha value is -0.620. The molecule has 0 radical (unpaired) electrons. The van der Waals surface area contributed by atoms with Crippen LogP contribution in [0.15, 0.2) is 23.1 Å². The van der Waals surface area contributed by atoms with Gasteiger partial charge in [-0.25, -0.2) is 8.42 Å². The van der Waals surface area contributed by atoms with Gasteiger partial charge in [-0.15, -0.1) is 0 Å². The quantitative estimate of drug-likeness (QED) is 0.851. The van der Waals surface area contributed by atoms with E-state index < -0.39 is 15.9 Å². The van der Waals surface area contributed by atoms with Gasteiger partial charge in [0.05, 0.1) is 11.0 Å². The molecule has 0 amide bonds. The zero-order valence-electron chi connectivity index (χ0n) is 9.07. The zero-order chi connectivity index (χ0) is 12.3. The molecule has 1 atom stereocenters. The summed E-state index contributed by atoms with van der Waals surface area (Å²) in [5.74, 6) is 0. The highest BCUT2D eigenvalue weighted by Gasteiger charge is 2.18. The second kappa shape index (κ2) is 5.14. The van der Waals surface area contributed by atoms with Gasteiger partial charge in [-0.3, -0.25) is 0 Å². The van der Waals surface area contributed by atoms with Crippen molar-refractivity contribution in [1.29, 1.82) is 0 Å². The molecular formula is C10H14ClNO3S. The van der Waals surface area contributed by atoms with Crippen LogP contribution in [0, 0.1) is 0 Å². The van der Waals surface area contributed by atoms with E-state index in [9.17, 15) is 13.5 Å². The van der Waals surface area contributed by atoms with Gasteiger partial charge in [0.1, 0.15) is 0 Å². The normalized spacial score (nSPS) is 13.8. The van der Waals surface area contributed by atoms with E-state index in [1.54, 1.807) is 7.05 Å². The van der Waals surface area contributed by atoms with Crippen LogP contribution in [0.5, 0.6) is 0 Å². The number of halogens is 1. The van der Waals surface area contributed by atoms with Crippen molar-refractivity contribution in [2.24, 2.45) is 0 Å². The van der Waals surface area contributed by atoms with Gasteiger partial charge in [-0.1, -0.05) is 11.6 Å². The zero-order valence-corrected chi connectivity index (χ0v) is 10.6. The summed E-state index contributed by atoms with van der Waals surface area (Å²) < 4.78 is 23.0.